The molecule has 0 aliphatic rings. The first-order valence-electron chi connectivity index (χ1n) is 15.2. The second kappa shape index (κ2) is 15.3. The number of nitrogens with zero attached hydrogens (tertiary/aromatic N) is 3. The van der Waals surface area contributed by atoms with Gasteiger partial charge in [-0.15, -0.1) is 0 Å². The van der Waals surface area contributed by atoms with Gasteiger partial charge in [0, 0.05) is 16.2 Å². The average molecular weight is 604 g/mol. The molecule has 0 saturated carbocycles. The van der Waals surface area contributed by atoms with E-state index in [9.17, 15) is 0 Å². The van der Waals surface area contributed by atoms with Gasteiger partial charge in [0.2, 0.25) is 0 Å². The Bertz CT molecular complexity index is 1700. The third-order valence-corrected chi connectivity index (χ3v) is 7.63. The van der Waals surface area contributed by atoms with E-state index >= 15 is 0 Å². The molecule has 6 aromatic rings. The van der Waals surface area contributed by atoms with Gasteiger partial charge in [-0.1, -0.05) is 36.4 Å². The lowest BCUT2D eigenvalue weighted by Crippen LogP contribution is -2.02. The van der Waals surface area contributed by atoms with E-state index in [1.165, 1.54) is 16.7 Å². The standard InChI is InChI=1S/3C12H15N3/c3*1-8-6-10-3-2-9(4-5-13)7-11(10)15-12(8)14/h3*2-3,6-7H,4-5,13H2,1H3,(H2,14,15). The minimum absolute atomic E-state index is 0.604. The van der Waals surface area contributed by atoms with Crippen LogP contribution in [0.4, 0.5) is 17.5 Å². The lowest BCUT2D eigenvalue weighted by Gasteiger charge is -2.05. The first-order chi connectivity index (χ1) is 21.6. The highest BCUT2D eigenvalue weighted by Gasteiger charge is 2.03. The predicted octanol–water partition coefficient (Wildman–Crippen LogP) is 4.88. The zero-order valence-corrected chi connectivity index (χ0v) is 26.5. The van der Waals surface area contributed by atoms with Crippen LogP contribution < -0.4 is 34.4 Å². The van der Waals surface area contributed by atoms with Crippen LogP contribution in [0.25, 0.3) is 32.7 Å². The van der Waals surface area contributed by atoms with Crippen LogP contribution in [-0.4, -0.2) is 34.6 Å². The SMILES string of the molecule is Cc1cc2ccc(CCN)cc2nc1N.Cc1cc2ccc(CCN)cc2nc1N.Cc1cc2ccc(CCN)cc2nc1N. The monoisotopic (exact) mass is 603 g/mol. The molecule has 3 aromatic carbocycles. The van der Waals surface area contributed by atoms with Gasteiger partial charge >= 0.3 is 0 Å². The van der Waals surface area contributed by atoms with E-state index in [0.29, 0.717) is 37.1 Å². The van der Waals surface area contributed by atoms with Gasteiger partial charge < -0.3 is 34.4 Å². The second-order valence-electron chi connectivity index (χ2n) is 11.3. The minimum Gasteiger partial charge on any atom is -0.383 e. The van der Waals surface area contributed by atoms with Crippen molar-refractivity contribution in [2.45, 2.75) is 40.0 Å². The molecule has 0 atom stereocenters. The summed E-state index contributed by atoms with van der Waals surface area (Å²) >= 11 is 0. The fraction of sp³-hybridized carbons (Fsp3) is 0.250. The molecule has 0 fully saturated rings. The molecule has 234 valence electrons. The lowest BCUT2D eigenvalue weighted by molar-refractivity contribution is 0.970. The molecule has 9 heteroatoms. The molecule has 6 rings (SSSR count). The van der Waals surface area contributed by atoms with Crippen LogP contribution >= 0.6 is 0 Å². The smallest absolute Gasteiger partial charge is 0.127 e. The summed E-state index contributed by atoms with van der Waals surface area (Å²) in [5.41, 5.74) is 43.4. The Morgan fingerprint density at radius 1 is 0.422 bits per heavy atom. The molecule has 0 aliphatic carbocycles. The fourth-order valence-electron chi connectivity index (χ4n) is 4.97. The van der Waals surface area contributed by atoms with Crippen molar-refractivity contribution in [2.75, 3.05) is 36.8 Å². The van der Waals surface area contributed by atoms with Crippen molar-refractivity contribution in [1.29, 1.82) is 0 Å². The van der Waals surface area contributed by atoms with Gasteiger partial charge in [-0.2, -0.15) is 0 Å². The topological polar surface area (TPSA) is 195 Å². The molecular formula is C36H45N9. The zero-order valence-electron chi connectivity index (χ0n) is 26.5. The lowest BCUT2D eigenvalue weighted by atomic mass is 10.1. The Labute approximate surface area is 265 Å². The largest absolute Gasteiger partial charge is 0.383 e. The molecule has 3 heterocycles. The highest BCUT2D eigenvalue weighted by atomic mass is 14.8. The van der Waals surface area contributed by atoms with Crippen LogP contribution in [0, 0.1) is 20.8 Å². The van der Waals surface area contributed by atoms with Gasteiger partial charge in [-0.05, 0) is 129 Å². The molecular weight excluding hydrogens is 558 g/mol. The summed E-state index contributed by atoms with van der Waals surface area (Å²) in [6, 6.07) is 24.8. The average Bonchev–Trinajstić information content (AvgIpc) is 3.01. The van der Waals surface area contributed by atoms with E-state index in [1.807, 2.05) is 20.8 Å². The van der Waals surface area contributed by atoms with E-state index in [0.717, 1.165) is 68.7 Å². The zero-order chi connectivity index (χ0) is 32.5. The maximum atomic E-state index is 5.77. The van der Waals surface area contributed by atoms with Crippen LogP contribution in [0.2, 0.25) is 0 Å². The Morgan fingerprint density at radius 2 is 0.689 bits per heavy atom. The van der Waals surface area contributed by atoms with Crippen LogP contribution in [-0.2, 0) is 19.3 Å². The van der Waals surface area contributed by atoms with Gasteiger partial charge in [0.15, 0.2) is 0 Å². The fourth-order valence-corrected chi connectivity index (χ4v) is 4.97. The van der Waals surface area contributed by atoms with E-state index in [2.05, 4.69) is 87.7 Å². The van der Waals surface area contributed by atoms with Crippen molar-refractivity contribution >= 4 is 50.2 Å². The van der Waals surface area contributed by atoms with E-state index in [4.69, 9.17) is 34.4 Å². The maximum absolute atomic E-state index is 5.77. The summed E-state index contributed by atoms with van der Waals surface area (Å²) in [5.74, 6) is 1.81. The quantitative estimate of drug-likeness (QED) is 0.154. The highest BCUT2D eigenvalue weighted by Crippen LogP contribution is 2.21. The van der Waals surface area contributed by atoms with E-state index in [-0.39, 0.29) is 0 Å². The molecule has 45 heavy (non-hydrogen) atoms. The molecule has 0 amide bonds. The first kappa shape index (κ1) is 33.1. The van der Waals surface area contributed by atoms with Gasteiger partial charge in [-0.3, -0.25) is 0 Å². The van der Waals surface area contributed by atoms with Crippen LogP contribution in [0.1, 0.15) is 33.4 Å². The maximum Gasteiger partial charge on any atom is 0.127 e. The summed E-state index contributed by atoms with van der Waals surface area (Å²) in [7, 11) is 0. The minimum atomic E-state index is 0.604. The Balaban J connectivity index is 0.000000154. The van der Waals surface area contributed by atoms with Crippen molar-refractivity contribution in [3.8, 4) is 0 Å². The van der Waals surface area contributed by atoms with Crippen molar-refractivity contribution < 1.29 is 0 Å². The number of aryl methyl sites for hydroxylation is 3. The van der Waals surface area contributed by atoms with Crippen molar-refractivity contribution in [2.24, 2.45) is 17.2 Å². The van der Waals surface area contributed by atoms with Gasteiger partial charge in [-0.25, -0.2) is 15.0 Å². The molecule has 9 nitrogen and oxygen atoms in total. The summed E-state index contributed by atoms with van der Waals surface area (Å²) in [5, 5.41) is 3.38. The number of pyridine rings is 3. The number of benzene rings is 3. The third-order valence-electron chi connectivity index (χ3n) is 7.63. The number of anilines is 3. The third kappa shape index (κ3) is 8.63. The number of hydrogen-bond acceptors (Lipinski definition) is 9. The van der Waals surface area contributed by atoms with Crippen molar-refractivity contribution in [3.63, 3.8) is 0 Å². The molecule has 0 aliphatic heterocycles. The molecule has 12 N–H and O–H groups in total. The second-order valence-corrected chi connectivity index (χ2v) is 11.3. The number of aromatic nitrogens is 3. The number of nitrogens with two attached hydrogens (primary N) is 6. The summed E-state index contributed by atoms with van der Waals surface area (Å²) in [4.78, 5) is 13.1. The van der Waals surface area contributed by atoms with Crippen LogP contribution in [0.15, 0.2) is 72.8 Å². The van der Waals surface area contributed by atoms with Gasteiger partial charge in [0.25, 0.3) is 0 Å². The summed E-state index contributed by atoms with van der Waals surface area (Å²) in [6.07, 6.45) is 2.64. The van der Waals surface area contributed by atoms with Crippen LogP contribution in [0.3, 0.4) is 0 Å². The molecule has 0 spiro atoms. The molecule has 3 aromatic heterocycles. The number of hydrogen-bond donors (Lipinski definition) is 6. The summed E-state index contributed by atoms with van der Waals surface area (Å²) < 4.78 is 0. The van der Waals surface area contributed by atoms with E-state index in [1.54, 1.807) is 0 Å². The molecule has 0 bridgehead atoms. The number of nitrogen functional groups attached to an aromatic ring is 3. The normalized spacial score (nSPS) is 10.8. The Hall–Kier alpha value is -4.83. The van der Waals surface area contributed by atoms with Crippen molar-refractivity contribution in [1.82, 2.24) is 15.0 Å². The van der Waals surface area contributed by atoms with E-state index < -0.39 is 0 Å². The highest BCUT2D eigenvalue weighted by molar-refractivity contribution is 5.83. The first-order valence-corrected chi connectivity index (χ1v) is 15.2. The molecule has 0 unspecified atom stereocenters. The van der Waals surface area contributed by atoms with Gasteiger partial charge in [0.05, 0.1) is 16.6 Å². The Kier molecular flexibility index (Phi) is 11.2. The predicted molar refractivity (Wildman–Crippen MR) is 191 cm³/mol. The number of rotatable bonds is 6. The summed E-state index contributed by atoms with van der Waals surface area (Å²) in [6.45, 7) is 7.88. The van der Waals surface area contributed by atoms with Crippen LogP contribution in [0.5, 0.6) is 0 Å². The van der Waals surface area contributed by atoms with Crippen molar-refractivity contribution in [3.05, 3.63) is 106 Å². The molecule has 0 radical (unpaired) electrons. The number of fused-ring (bicyclic) bond motifs is 3. The van der Waals surface area contributed by atoms with Gasteiger partial charge in [0.1, 0.15) is 17.5 Å². The molecule has 0 saturated heterocycles. The Morgan fingerprint density at radius 3 is 0.933 bits per heavy atom.